The molecule has 0 unspecified atom stereocenters. The zero-order valence-electron chi connectivity index (χ0n) is 14.9. The van der Waals surface area contributed by atoms with Crippen LogP contribution in [0.4, 0.5) is 0 Å². The zero-order chi connectivity index (χ0) is 17.2. The second-order valence-corrected chi connectivity index (χ2v) is 6.73. The second-order valence-electron chi connectivity index (χ2n) is 6.73. The lowest BCUT2D eigenvalue weighted by atomic mass is 9.95. The van der Waals surface area contributed by atoms with Crippen molar-refractivity contribution in [2.75, 3.05) is 59.5 Å². The fraction of sp³-hybridized carbons (Fsp3) is 0.882. The first-order valence-electron chi connectivity index (χ1n) is 9.18. The van der Waals surface area contributed by atoms with Gasteiger partial charge in [-0.2, -0.15) is 0 Å². The maximum atomic E-state index is 12.1. The summed E-state index contributed by atoms with van der Waals surface area (Å²) in [6, 6.07) is 0.368. The first kappa shape index (κ1) is 19.1. The van der Waals surface area contributed by atoms with Gasteiger partial charge in [0.25, 0.3) is 0 Å². The van der Waals surface area contributed by atoms with Gasteiger partial charge in [-0.3, -0.25) is 14.5 Å². The van der Waals surface area contributed by atoms with Gasteiger partial charge in [-0.05, 0) is 12.8 Å². The molecule has 138 valence electrons. The van der Waals surface area contributed by atoms with Crippen LogP contribution in [0.15, 0.2) is 0 Å². The van der Waals surface area contributed by atoms with Gasteiger partial charge in [0.2, 0.25) is 11.8 Å². The van der Waals surface area contributed by atoms with Crippen molar-refractivity contribution in [3.05, 3.63) is 0 Å². The van der Waals surface area contributed by atoms with Gasteiger partial charge >= 0.3 is 0 Å². The smallest absolute Gasteiger partial charge is 0.236 e. The maximum Gasteiger partial charge on any atom is 0.236 e. The molecular formula is C17H32N4O3. The van der Waals surface area contributed by atoms with Crippen molar-refractivity contribution in [1.29, 1.82) is 0 Å². The molecule has 1 saturated heterocycles. The van der Waals surface area contributed by atoms with E-state index in [0.717, 1.165) is 25.9 Å². The molecular weight excluding hydrogens is 308 g/mol. The number of ether oxygens (including phenoxy) is 1. The van der Waals surface area contributed by atoms with E-state index in [2.05, 4.69) is 15.5 Å². The van der Waals surface area contributed by atoms with E-state index in [0.29, 0.717) is 45.4 Å². The van der Waals surface area contributed by atoms with Crippen molar-refractivity contribution in [2.24, 2.45) is 0 Å². The molecule has 2 aliphatic rings. The highest BCUT2D eigenvalue weighted by atomic mass is 16.5. The van der Waals surface area contributed by atoms with Gasteiger partial charge in [0.1, 0.15) is 0 Å². The monoisotopic (exact) mass is 340 g/mol. The number of nitrogens with one attached hydrogen (secondary N) is 2. The first-order valence-corrected chi connectivity index (χ1v) is 9.18. The van der Waals surface area contributed by atoms with E-state index in [1.807, 2.05) is 4.90 Å². The predicted octanol–water partition coefficient (Wildman–Crippen LogP) is -0.184. The summed E-state index contributed by atoms with van der Waals surface area (Å²) in [6.07, 6.45) is 5.98. The molecule has 1 saturated carbocycles. The molecule has 0 aromatic heterocycles. The minimum absolute atomic E-state index is 0.123. The minimum atomic E-state index is 0.123. The summed E-state index contributed by atoms with van der Waals surface area (Å²) in [7, 11) is 1.65. The summed E-state index contributed by atoms with van der Waals surface area (Å²) < 4.78 is 4.94. The van der Waals surface area contributed by atoms with Gasteiger partial charge in [0, 0.05) is 45.9 Å². The van der Waals surface area contributed by atoms with E-state index >= 15 is 0 Å². The molecule has 1 heterocycles. The number of nitrogens with zero attached hydrogens (tertiary/aromatic N) is 2. The largest absolute Gasteiger partial charge is 0.383 e. The van der Waals surface area contributed by atoms with Gasteiger partial charge in [-0.1, -0.05) is 19.3 Å². The van der Waals surface area contributed by atoms with E-state index in [9.17, 15) is 9.59 Å². The summed E-state index contributed by atoms with van der Waals surface area (Å²) in [5.41, 5.74) is 0. The third-order valence-electron chi connectivity index (χ3n) is 4.82. The average Bonchev–Trinajstić information content (AvgIpc) is 2.60. The third-order valence-corrected chi connectivity index (χ3v) is 4.82. The van der Waals surface area contributed by atoms with Crippen LogP contribution in [0.5, 0.6) is 0 Å². The highest BCUT2D eigenvalue weighted by Gasteiger charge is 2.23. The van der Waals surface area contributed by atoms with E-state index in [4.69, 9.17) is 4.74 Å². The standard InChI is InChI=1S/C17H32N4O3/c1-24-12-7-18-13-17(23)21-10-8-20(9-11-21)14-16(22)19-15-5-3-2-4-6-15/h15,18H,2-14H2,1H3,(H,19,22). The topological polar surface area (TPSA) is 73.9 Å². The number of hydrogen-bond donors (Lipinski definition) is 2. The summed E-state index contributed by atoms with van der Waals surface area (Å²) >= 11 is 0. The Balaban J connectivity index is 1.59. The number of methoxy groups -OCH3 is 1. The molecule has 1 aliphatic heterocycles. The maximum absolute atomic E-state index is 12.1. The van der Waals surface area contributed by atoms with Crippen LogP contribution < -0.4 is 10.6 Å². The third kappa shape index (κ3) is 6.75. The van der Waals surface area contributed by atoms with E-state index in [1.165, 1.54) is 19.3 Å². The number of carbonyl (C=O) groups excluding carboxylic acids is 2. The fourth-order valence-corrected chi connectivity index (χ4v) is 3.36. The Morgan fingerprint density at radius 1 is 1.08 bits per heavy atom. The summed E-state index contributed by atoms with van der Waals surface area (Å²) in [5, 5.41) is 6.24. The van der Waals surface area contributed by atoms with Gasteiger partial charge < -0.3 is 20.3 Å². The molecule has 0 bridgehead atoms. The van der Waals surface area contributed by atoms with E-state index in [1.54, 1.807) is 7.11 Å². The zero-order valence-corrected chi connectivity index (χ0v) is 14.9. The van der Waals surface area contributed by atoms with Crippen molar-refractivity contribution in [3.63, 3.8) is 0 Å². The van der Waals surface area contributed by atoms with Crippen molar-refractivity contribution in [1.82, 2.24) is 20.4 Å². The Morgan fingerprint density at radius 3 is 2.46 bits per heavy atom. The summed E-state index contributed by atoms with van der Waals surface area (Å²) in [4.78, 5) is 28.2. The molecule has 0 atom stereocenters. The van der Waals surface area contributed by atoms with Gasteiger partial charge in [-0.25, -0.2) is 0 Å². The van der Waals surface area contributed by atoms with Crippen molar-refractivity contribution in [2.45, 2.75) is 38.1 Å². The van der Waals surface area contributed by atoms with Gasteiger partial charge in [0.05, 0.1) is 19.7 Å². The molecule has 2 fully saturated rings. The Bertz CT molecular complexity index is 391. The number of rotatable bonds is 8. The first-order chi connectivity index (χ1) is 11.7. The summed E-state index contributed by atoms with van der Waals surface area (Å²) in [6.45, 7) is 5.02. The van der Waals surface area contributed by atoms with Crippen molar-refractivity contribution < 1.29 is 14.3 Å². The summed E-state index contributed by atoms with van der Waals surface area (Å²) in [5.74, 6) is 0.250. The number of piperazine rings is 1. The molecule has 7 heteroatoms. The molecule has 2 amide bonds. The van der Waals surface area contributed by atoms with Crippen LogP contribution in [0.3, 0.4) is 0 Å². The van der Waals surface area contributed by atoms with Crippen molar-refractivity contribution in [3.8, 4) is 0 Å². The Kier molecular flexibility index (Phi) is 8.49. The van der Waals surface area contributed by atoms with Gasteiger partial charge in [-0.15, -0.1) is 0 Å². The lowest BCUT2D eigenvalue weighted by molar-refractivity contribution is -0.132. The average molecular weight is 340 g/mol. The Morgan fingerprint density at radius 2 is 1.79 bits per heavy atom. The number of carbonyl (C=O) groups is 2. The fourth-order valence-electron chi connectivity index (χ4n) is 3.36. The quantitative estimate of drug-likeness (QED) is 0.600. The lowest BCUT2D eigenvalue weighted by Gasteiger charge is -2.34. The molecule has 0 aromatic carbocycles. The van der Waals surface area contributed by atoms with Crippen LogP contribution in [0.1, 0.15) is 32.1 Å². The Labute approximate surface area is 145 Å². The molecule has 0 spiro atoms. The van der Waals surface area contributed by atoms with Crippen LogP contribution in [-0.4, -0.2) is 87.2 Å². The van der Waals surface area contributed by atoms with Crippen LogP contribution in [0.2, 0.25) is 0 Å². The normalized spacial score (nSPS) is 20.1. The van der Waals surface area contributed by atoms with E-state index < -0.39 is 0 Å². The van der Waals surface area contributed by atoms with Gasteiger partial charge in [0.15, 0.2) is 0 Å². The van der Waals surface area contributed by atoms with Crippen LogP contribution in [-0.2, 0) is 14.3 Å². The second kappa shape index (κ2) is 10.6. The highest BCUT2D eigenvalue weighted by molar-refractivity contribution is 5.79. The molecule has 0 aromatic rings. The molecule has 7 nitrogen and oxygen atoms in total. The lowest BCUT2D eigenvalue weighted by Crippen LogP contribution is -2.53. The predicted molar refractivity (Wildman–Crippen MR) is 92.8 cm³/mol. The SMILES string of the molecule is COCCNCC(=O)N1CCN(CC(=O)NC2CCCCC2)CC1. The molecule has 2 rings (SSSR count). The van der Waals surface area contributed by atoms with Crippen LogP contribution >= 0.6 is 0 Å². The molecule has 2 N–H and O–H groups in total. The Hall–Kier alpha value is -1.18. The van der Waals surface area contributed by atoms with Crippen molar-refractivity contribution >= 4 is 11.8 Å². The molecule has 24 heavy (non-hydrogen) atoms. The minimum Gasteiger partial charge on any atom is -0.383 e. The molecule has 1 aliphatic carbocycles. The number of amides is 2. The molecule has 0 radical (unpaired) electrons. The van der Waals surface area contributed by atoms with Crippen LogP contribution in [0.25, 0.3) is 0 Å². The number of hydrogen-bond acceptors (Lipinski definition) is 5. The highest BCUT2D eigenvalue weighted by Crippen LogP contribution is 2.17. The van der Waals surface area contributed by atoms with Crippen LogP contribution in [0, 0.1) is 0 Å². The van der Waals surface area contributed by atoms with E-state index in [-0.39, 0.29) is 11.8 Å².